The molecule has 0 atom stereocenters. The van der Waals surface area contributed by atoms with Crippen molar-refractivity contribution in [3.63, 3.8) is 0 Å². The fourth-order valence-corrected chi connectivity index (χ4v) is 2.57. The second-order valence-corrected chi connectivity index (χ2v) is 5.40. The van der Waals surface area contributed by atoms with Crippen LogP contribution in [0.4, 0.5) is 5.69 Å². The third-order valence-corrected chi connectivity index (χ3v) is 3.85. The maximum Gasteiger partial charge on any atom is 0.341 e. The molecular formula is C19H18N2O8. The van der Waals surface area contributed by atoms with Gasteiger partial charge >= 0.3 is 23.9 Å². The molecule has 0 bridgehead atoms. The van der Waals surface area contributed by atoms with Gasteiger partial charge in [0.1, 0.15) is 16.9 Å². The second kappa shape index (κ2) is 9.31. The largest absolute Gasteiger partial charge is 0.465 e. The highest BCUT2D eigenvalue weighted by atomic mass is 16.5. The number of hydrogen-bond acceptors (Lipinski definition) is 10. The van der Waals surface area contributed by atoms with Gasteiger partial charge in [-0.2, -0.15) is 5.10 Å². The molecule has 1 aromatic carbocycles. The van der Waals surface area contributed by atoms with E-state index in [0.717, 1.165) is 28.4 Å². The van der Waals surface area contributed by atoms with Gasteiger partial charge in [0, 0.05) is 0 Å². The Kier molecular flexibility index (Phi) is 6.85. The van der Waals surface area contributed by atoms with Gasteiger partial charge in [0.2, 0.25) is 0 Å². The van der Waals surface area contributed by atoms with Gasteiger partial charge in [-0.25, -0.2) is 19.2 Å². The molecule has 1 N–H and O–H groups in total. The summed E-state index contributed by atoms with van der Waals surface area (Å²) in [6.07, 6.45) is 0. The highest BCUT2D eigenvalue weighted by molar-refractivity contribution is 6.43. The molecule has 29 heavy (non-hydrogen) atoms. The Hall–Kier alpha value is -3.95. The summed E-state index contributed by atoms with van der Waals surface area (Å²) in [5, 5.41) is 4.06. The van der Waals surface area contributed by atoms with Crippen molar-refractivity contribution in [2.24, 2.45) is 5.10 Å². The van der Waals surface area contributed by atoms with Crippen molar-refractivity contribution in [2.75, 3.05) is 33.9 Å². The topological polar surface area (TPSA) is 130 Å². The van der Waals surface area contributed by atoms with E-state index in [9.17, 15) is 19.2 Å². The van der Waals surface area contributed by atoms with Gasteiger partial charge < -0.3 is 18.9 Å². The molecule has 10 heteroatoms. The predicted octanol–water partition coefficient (Wildman–Crippen LogP) is 0.753. The first-order chi connectivity index (χ1) is 13.9. The van der Waals surface area contributed by atoms with Crippen LogP contribution in [0.5, 0.6) is 0 Å². The third-order valence-electron chi connectivity index (χ3n) is 3.85. The first kappa shape index (κ1) is 21.4. The predicted molar refractivity (Wildman–Crippen MR) is 99.6 cm³/mol. The summed E-state index contributed by atoms with van der Waals surface area (Å²) in [5.41, 5.74) is 0.938. The fourth-order valence-electron chi connectivity index (χ4n) is 2.57. The summed E-state index contributed by atoms with van der Waals surface area (Å²) >= 11 is 0. The van der Waals surface area contributed by atoms with Crippen molar-refractivity contribution < 1.29 is 38.1 Å². The number of esters is 4. The Labute approximate surface area is 165 Å². The Morgan fingerprint density at radius 1 is 0.655 bits per heavy atom. The highest BCUT2D eigenvalue weighted by Gasteiger charge is 2.45. The molecule has 0 heterocycles. The zero-order valence-corrected chi connectivity index (χ0v) is 16.1. The first-order valence-electron chi connectivity index (χ1n) is 8.12. The van der Waals surface area contributed by atoms with Crippen LogP contribution in [0.1, 0.15) is 0 Å². The van der Waals surface area contributed by atoms with Crippen LogP contribution in [-0.2, 0) is 38.1 Å². The lowest BCUT2D eigenvalue weighted by atomic mass is 10.1. The Balaban J connectivity index is 2.81. The molecule has 0 amide bonds. The molecule has 0 aromatic heterocycles. The minimum absolute atomic E-state index is 0.326. The number of carbonyl (C=O) groups is 4. The molecule has 0 radical (unpaired) electrons. The average Bonchev–Trinajstić information content (AvgIpc) is 3.11. The van der Waals surface area contributed by atoms with E-state index in [2.05, 4.69) is 20.0 Å². The van der Waals surface area contributed by atoms with Crippen molar-refractivity contribution in [3.8, 4) is 0 Å². The summed E-state index contributed by atoms with van der Waals surface area (Å²) in [6.45, 7) is 0. The molecule has 0 aliphatic heterocycles. The van der Waals surface area contributed by atoms with Crippen molar-refractivity contribution in [3.05, 3.63) is 52.6 Å². The third kappa shape index (κ3) is 4.15. The minimum atomic E-state index is -1.06. The molecule has 2 rings (SSSR count). The number of para-hydroxylation sites is 1. The van der Waals surface area contributed by atoms with Gasteiger partial charge in [-0.1, -0.05) is 18.2 Å². The van der Waals surface area contributed by atoms with E-state index in [1.165, 1.54) is 0 Å². The second-order valence-electron chi connectivity index (χ2n) is 5.40. The van der Waals surface area contributed by atoms with Gasteiger partial charge in [-0.15, -0.1) is 0 Å². The molecule has 1 aliphatic rings. The Bertz CT molecular complexity index is 890. The summed E-state index contributed by atoms with van der Waals surface area (Å²) < 4.78 is 18.8. The molecule has 1 aromatic rings. The van der Waals surface area contributed by atoms with E-state index in [-0.39, 0.29) is 5.71 Å². The highest BCUT2D eigenvalue weighted by Crippen LogP contribution is 2.34. The molecule has 10 nitrogen and oxygen atoms in total. The number of methoxy groups -OCH3 is 4. The number of nitrogens with zero attached hydrogens (tertiary/aromatic N) is 1. The Morgan fingerprint density at radius 2 is 1.03 bits per heavy atom. The standard InChI is InChI=1S/C19H18N2O8/c1-26-16(22)11-12(17(23)27-2)14(19(25)29-4)15(13(11)18(24)28-3)21-20-10-8-6-5-7-9-10/h5-9,20H,1-4H3. The Morgan fingerprint density at radius 3 is 1.41 bits per heavy atom. The number of benzene rings is 1. The van der Waals surface area contributed by atoms with Crippen LogP contribution in [0.3, 0.4) is 0 Å². The van der Waals surface area contributed by atoms with Crippen LogP contribution in [0, 0.1) is 0 Å². The van der Waals surface area contributed by atoms with E-state index >= 15 is 0 Å². The van der Waals surface area contributed by atoms with E-state index in [1.807, 2.05) is 0 Å². The van der Waals surface area contributed by atoms with Crippen LogP contribution >= 0.6 is 0 Å². The minimum Gasteiger partial charge on any atom is -0.465 e. The van der Waals surface area contributed by atoms with Gasteiger partial charge in [-0.3, -0.25) is 5.43 Å². The molecule has 0 saturated carbocycles. The summed E-state index contributed by atoms with van der Waals surface area (Å²) in [7, 11) is 4.24. The number of ether oxygens (including phenoxy) is 4. The first-order valence-corrected chi connectivity index (χ1v) is 8.12. The average molecular weight is 402 g/mol. The quantitative estimate of drug-likeness (QED) is 0.416. The number of anilines is 1. The number of carbonyl (C=O) groups excluding carboxylic acids is 4. The van der Waals surface area contributed by atoms with Crippen molar-refractivity contribution >= 4 is 35.3 Å². The monoisotopic (exact) mass is 402 g/mol. The SMILES string of the molecule is COC(=O)C1=C(C(=O)OC)C(C(=O)OC)=C(C(=O)OC)C1=NNc1ccccc1. The van der Waals surface area contributed by atoms with E-state index in [4.69, 9.17) is 9.47 Å². The van der Waals surface area contributed by atoms with Gasteiger partial charge in [0.25, 0.3) is 0 Å². The lowest BCUT2D eigenvalue weighted by Gasteiger charge is -2.08. The number of nitrogens with one attached hydrogen (secondary N) is 1. The smallest absolute Gasteiger partial charge is 0.341 e. The van der Waals surface area contributed by atoms with E-state index in [1.54, 1.807) is 30.3 Å². The summed E-state index contributed by atoms with van der Waals surface area (Å²) in [4.78, 5) is 49.7. The van der Waals surface area contributed by atoms with Gasteiger partial charge in [0.05, 0.1) is 45.3 Å². The van der Waals surface area contributed by atoms with Crippen LogP contribution in [0.25, 0.3) is 0 Å². The number of rotatable bonds is 6. The lowest BCUT2D eigenvalue weighted by Crippen LogP contribution is -2.21. The van der Waals surface area contributed by atoms with Crippen LogP contribution in [0.2, 0.25) is 0 Å². The molecule has 0 spiro atoms. The molecular weight excluding hydrogens is 384 g/mol. The fraction of sp³-hybridized carbons (Fsp3) is 0.211. The van der Waals surface area contributed by atoms with Crippen molar-refractivity contribution in [1.29, 1.82) is 0 Å². The van der Waals surface area contributed by atoms with Crippen LogP contribution in [0.15, 0.2) is 57.7 Å². The number of hydrazone groups is 1. The van der Waals surface area contributed by atoms with Crippen molar-refractivity contribution in [1.82, 2.24) is 0 Å². The molecule has 152 valence electrons. The van der Waals surface area contributed by atoms with E-state index < -0.39 is 46.2 Å². The van der Waals surface area contributed by atoms with E-state index in [0.29, 0.717) is 5.69 Å². The maximum atomic E-state index is 12.5. The molecule has 1 aliphatic carbocycles. The van der Waals surface area contributed by atoms with Crippen LogP contribution in [-0.4, -0.2) is 58.0 Å². The molecule has 0 saturated heterocycles. The zero-order chi connectivity index (χ0) is 21.6. The van der Waals surface area contributed by atoms with Crippen LogP contribution < -0.4 is 5.43 Å². The normalized spacial score (nSPS) is 13.0. The number of hydrogen-bond donors (Lipinski definition) is 1. The lowest BCUT2D eigenvalue weighted by molar-refractivity contribution is -0.140. The van der Waals surface area contributed by atoms with Gasteiger partial charge in [0.15, 0.2) is 0 Å². The molecule has 0 unspecified atom stereocenters. The maximum absolute atomic E-state index is 12.5. The molecule has 0 fully saturated rings. The van der Waals surface area contributed by atoms with Crippen molar-refractivity contribution in [2.45, 2.75) is 0 Å². The summed E-state index contributed by atoms with van der Waals surface area (Å²) in [6, 6.07) is 8.57. The zero-order valence-electron chi connectivity index (χ0n) is 16.1. The van der Waals surface area contributed by atoms with Gasteiger partial charge in [-0.05, 0) is 12.1 Å². The summed E-state index contributed by atoms with van der Waals surface area (Å²) in [5.74, 6) is -4.15.